The van der Waals surface area contributed by atoms with E-state index in [0.717, 1.165) is 21.3 Å². The van der Waals surface area contributed by atoms with E-state index in [1.165, 1.54) is 6.33 Å². The minimum Gasteiger partial charge on any atom is -0.368 e. The minimum atomic E-state index is -3.52. The summed E-state index contributed by atoms with van der Waals surface area (Å²) in [4.78, 5) is 9.62. The van der Waals surface area contributed by atoms with Gasteiger partial charge in [0.2, 0.25) is 10.0 Å². The summed E-state index contributed by atoms with van der Waals surface area (Å²) in [5.74, 6) is 0.715. The molecule has 0 amide bonds. The van der Waals surface area contributed by atoms with E-state index in [0.29, 0.717) is 17.3 Å². The molecule has 3 rings (SSSR count). The number of sulfonamides is 1. The molecule has 0 fully saturated rings. The Hall–Kier alpha value is -2.03. The summed E-state index contributed by atoms with van der Waals surface area (Å²) < 4.78 is 27.5. The SMILES string of the molecule is Cc1ccc(C)c(S(=O)(=O)NCCNc2ncnc3sccc23)c1. The van der Waals surface area contributed by atoms with Gasteiger partial charge in [-0.05, 0) is 42.5 Å². The van der Waals surface area contributed by atoms with Crippen LogP contribution in [0.3, 0.4) is 0 Å². The Balaban J connectivity index is 1.64. The molecule has 0 aliphatic rings. The molecule has 0 aliphatic heterocycles. The number of rotatable bonds is 6. The molecule has 0 unspecified atom stereocenters. The van der Waals surface area contributed by atoms with Crippen LogP contribution in [0, 0.1) is 13.8 Å². The van der Waals surface area contributed by atoms with Crippen molar-refractivity contribution in [2.24, 2.45) is 0 Å². The molecular weight excluding hydrogens is 344 g/mol. The van der Waals surface area contributed by atoms with Crippen LogP contribution in [-0.4, -0.2) is 31.5 Å². The number of aromatic nitrogens is 2. The summed E-state index contributed by atoms with van der Waals surface area (Å²) in [5, 5.41) is 6.05. The normalized spacial score (nSPS) is 11.8. The largest absolute Gasteiger partial charge is 0.368 e. The Morgan fingerprint density at radius 3 is 2.79 bits per heavy atom. The van der Waals surface area contributed by atoms with E-state index < -0.39 is 10.0 Å². The summed E-state index contributed by atoms with van der Waals surface area (Å²) in [6.45, 7) is 4.37. The number of nitrogens with zero attached hydrogens (tertiary/aromatic N) is 2. The monoisotopic (exact) mass is 362 g/mol. The van der Waals surface area contributed by atoms with Crippen molar-refractivity contribution in [3.8, 4) is 0 Å². The van der Waals surface area contributed by atoms with Gasteiger partial charge in [0.25, 0.3) is 0 Å². The lowest BCUT2D eigenvalue weighted by Crippen LogP contribution is -2.29. The van der Waals surface area contributed by atoms with E-state index in [9.17, 15) is 8.42 Å². The van der Waals surface area contributed by atoms with E-state index in [-0.39, 0.29) is 6.54 Å². The number of hydrogen-bond donors (Lipinski definition) is 2. The summed E-state index contributed by atoms with van der Waals surface area (Å²) in [5.41, 5.74) is 1.65. The average Bonchev–Trinajstić information content (AvgIpc) is 3.03. The van der Waals surface area contributed by atoms with E-state index in [4.69, 9.17) is 0 Å². The zero-order valence-electron chi connectivity index (χ0n) is 13.4. The van der Waals surface area contributed by atoms with Crippen molar-refractivity contribution in [3.63, 3.8) is 0 Å². The van der Waals surface area contributed by atoms with E-state index in [1.54, 1.807) is 24.3 Å². The van der Waals surface area contributed by atoms with Crippen LogP contribution in [0.25, 0.3) is 10.2 Å². The lowest BCUT2D eigenvalue weighted by Gasteiger charge is -2.11. The maximum absolute atomic E-state index is 12.4. The molecule has 0 radical (unpaired) electrons. The van der Waals surface area contributed by atoms with Gasteiger partial charge < -0.3 is 5.32 Å². The molecule has 126 valence electrons. The maximum Gasteiger partial charge on any atom is 0.240 e. The number of benzene rings is 1. The van der Waals surface area contributed by atoms with E-state index in [2.05, 4.69) is 20.0 Å². The van der Waals surface area contributed by atoms with Crippen LogP contribution in [0.2, 0.25) is 0 Å². The molecule has 24 heavy (non-hydrogen) atoms. The summed E-state index contributed by atoms with van der Waals surface area (Å²) in [7, 11) is -3.52. The highest BCUT2D eigenvalue weighted by atomic mass is 32.2. The number of thiophene rings is 1. The van der Waals surface area contributed by atoms with Crippen LogP contribution in [-0.2, 0) is 10.0 Å². The van der Waals surface area contributed by atoms with Crippen molar-refractivity contribution in [2.45, 2.75) is 18.7 Å². The summed E-state index contributed by atoms with van der Waals surface area (Å²) in [6.07, 6.45) is 1.50. The van der Waals surface area contributed by atoms with Crippen LogP contribution in [0.1, 0.15) is 11.1 Å². The van der Waals surface area contributed by atoms with Gasteiger partial charge >= 0.3 is 0 Å². The zero-order chi connectivity index (χ0) is 17.2. The van der Waals surface area contributed by atoms with Crippen molar-refractivity contribution in [1.29, 1.82) is 0 Å². The average molecular weight is 362 g/mol. The van der Waals surface area contributed by atoms with Gasteiger partial charge in [0.05, 0.1) is 10.3 Å². The molecule has 0 atom stereocenters. The van der Waals surface area contributed by atoms with E-state index >= 15 is 0 Å². The highest BCUT2D eigenvalue weighted by Gasteiger charge is 2.16. The van der Waals surface area contributed by atoms with Crippen molar-refractivity contribution < 1.29 is 8.42 Å². The smallest absolute Gasteiger partial charge is 0.240 e. The van der Waals surface area contributed by atoms with Gasteiger partial charge in [-0.2, -0.15) is 0 Å². The Morgan fingerprint density at radius 2 is 1.96 bits per heavy atom. The van der Waals surface area contributed by atoms with Crippen LogP contribution < -0.4 is 10.0 Å². The zero-order valence-corrected chi connectivity index (χ0v) is 15.0. The predicted octanol–water partition coefficient (Wildman–Crippen LogP) is 2.70. The Bertz CT molecular complexity index is 967. The van der Waals surface area contributed by atoms with Crippen LogP contribution in [0.5, 0.6) is 0 Å². The predicted molar refractivity (Wildman–Crippen MR) is 97.0 cm³/mol. The fourth-order valence-corrected chi connectivity index (χ4v) is 4.46. The molecule has 0 bridgehead atoms. The number of aryl methyl sites for hydroxylation is 2. The highest BCUT2D eigenvalue weighted by molar-refractivity contribution is 7.89. The number of fused-ring (bicyclic) bond motifs is 1. The van der Waals surface area contributed by atoms with Gasteiger partial charge in [0, 0.05) is 13.1 Å². The second kappa shape index (κ2) is 6.84. The first-order valence-electron chi connectivity index (χ1n) is 7.46. The first-order valence-corrected chi connectivity index (χ1v) is 9.82. The molecule has 3 aromatic rings. The first-order chi connectivity index (χ1) is 11.5. The molecule has 0 aliphatic carbocycles. The van der Waals surface area contributed by atoms with Gasteiger partial charge in [0.1, 0.15) is 17.0 Å². The molecule has 0 saturated carbocycles. The molecule has 8 heteroatoms. The summed E-state index contributed by atoms with van der Waals surface area (Å²) >= 11 is 1.54. The first kappa shape index (κ1) is 16.8. The van der Waals surface area contributed by atoms with Gasteiger partial charge in [-0.15, -0.1) is 11.3 Å². The van der Waals surface area contributed by atoms with Crippen molar-refractivity contribution in [2.75, 3.05) is 18.4 Å². The van der Waals surface area contributed by atoms with Crippen molar-refractivity contribution in [3.05, 3.63) is 47.1 Å². The van der Waals surface area contributed by atoms with Gasteiger partial charge in [-0.1, -0.05) is 12.1 Å². The molecule has 6 nitrogen and oxygen atoms in total. The van der Waals surface area contributed by atoms with Gasteiger partial charge in [0.15, 0.2) is 0 Å². The Kier molecular flexibility index (Phi) is 4.79. The molecule has 2 aromatic heterocycles. The van der Waals surface area contributed by atoms with Crippen LogP contribution >= 0.6 is 11.3 Å². The third-order valence-electron chi connectivity index (χ3n) is 3.60. The van der Waals surface area contributed by atoms with E-state index in [1.807, 2.05) is 30.5 Å². The Morgan fingerprint density at radius 1 is 1.12 bits per heavy atom. The highest BCUT2D eigenvalue weighted by Crippen LogP contribution is 2.23. The van der Waals surface area contributed by atoms with Crippen LogP contribution in [0.4, 0.5) is 5.82 Å². The lowest BCUT2D eigenvalue weighted by molar-refractivity contribution is 0.582. The van der Waals surface area contributed by atoms with Crippen molar-refractivity contribution in [1.82, 2.24) is 14.7 Å². The molecule has 2 heterocycles. The van der Waals surface area contributed by atoms with Crippen LogP contribution in [0.15, 0.2) is 40.9 Å². The number of anilines is 1. The Labute approximate surface area is 145 Å². The molecule has 0 saturated heterocycles. The third kappa shape index (κ3) is 3.55. The topological polar surface area (TPSA) is 84.0 Å². The second-order valence-corrected chi connectivity index (χ2v) is 8.09. The lowest BCUT2D eigenvalue weighted by atomic mass is 10.2. The molecule has 1 aromatic carbocycles. The summed E-state index contributed by atoms with van der Waals surface area (Å²) in [6, 6.07) is 7.35. The van der Waals surface area contributed by atoms with Gasteiger partial charge in [-0.25, -0.2) is 23.1 Å². The molecule has 0 spiro atoms. The number of nitrogens with one attached hydrogen (secondary N) is 2. The second-order valence-electron chi connectivity index (χ2n) is 5.46. The molecular formula is C16H18N4O2S2. The maximum atomic E-state index is 12.4. The fraction of sp³-hybridized carbons (Fsp3) is 0.250. The molecule has 2 N–H and O–H groups in total. The van der Waals surface area contributed by atoms with Crippen molar-refractivity contribution >= 4 is 37.4 Å². The third-order valence-corrected chi connectivity index (χ3v) is 6.03. The quantitative estimate of drug-likeness (QED) is 0.659. The fourth-order valence-electron chi connectivity index (χ4n) is 2.37. The standard InChI is InChI=1S/C16H18N4O2S2/c1-11-3-4-12(2)14(9-11)24(21,22)20-7-6-17-15-13-5-8-23-16(13)19-10-18-15/h3-5,8-10,20H,6-7H2,1-2H3,(H,17,18,19). The van der Waals surface area contributed by atoms with Gasteiger partial charge in [-0.3, -0.25) is 0 Å². The minimum absolute atomic E-state index is 0.269. The number of hydrogen-bond acceptors (Lipinski definition) is 6.